The fourth-order valence-electron chi connectivity index (χ4n) is 1.66. The Bertz CT molecular complexity index is 580. The van der Waals surface area contributed by atoms with E-state index in [4.69, 9.17) is 9.47 Å². The van der Waals surface area contributed by atoms with Crippen LogP contribution >= 0.6 is 0 Å². The van der Waals surface area contributed by atoms with Gasteiger partial charge in [0, 0.05) is 13.1 Å². The lowest BCUT2D eigenvalue weighted by Gasteiger charge is -2.09. The smallest absolute Gasteiger partial charge is 0.320 e. The van der Waals surface area contributed by atoms with Crippen LogP contribution in [-0.2, 0) is 7.05 Å². The van der Waals surface area contributed by atoms with Crippen molar-refractivity contribution in [2.24, 2.45) is 7.05 Å². The fraction of sp³-hybridized carbons (Fsp3) is 0.286. The highest BCUT2D eigenvalue weighted by Gasteiger charge is 2.04. The summed E-state index contributed by atoms with van der Waals surface area (Å²) in [7, 11) is 3.36. The third-order valence-corrected chi connectivity index (χ3v) is 2.78. The highest BCUT2D eigenvalue weighted by atomic mass is 16.5. The lowest BCUT2D eigenvalue weighted by molar-refractivity contribution is 0.247. The van der Waals surface area contributed by atoms with E-state index in [1.54, 1.807) is 31.1 Å². The molecular formula is C14H18N4O3. The second kappa shape index (κ2) is 7.18. The Balaban J connectivity index is 1.67. The number of urea groups is 1. The maximum Gasteiger partial charge on any atom is 0.320 e. The van der Waals surface area contributed by atoms with Crippen LogP contribution in [-0.4, -0.2) is 36.1 Å². The van der Waals surface area contributed by atoms with E-state index in [-0.39, 0.29) is 6.03 Å². The largest absolute Gasteiger partial charge is 0.497 e. The van der Waals surface area contributed by atoms with E-state index in [9.17, 15) is 4.79 Å². The predicted molar refractivity (Wildman–Crippen MR) is 78.7 cm³/mol. The van der Waals surface area contributed by atoms with Crippen LogP contribution in [0.5, 0.6) is 11.5 Å². The van der Waals surface area contributed by atoms with E-state index in [2.05, 4.69) is 15.7 Å². The summed E-state index contributed by atoms with van der Waals surface area (Å²) in [6, 6.07) is 8.68. The quantitative estimate of drug-likeness (QED) is 0.793. The number of hydrogen-bond acceptors (Lipinski definition) is 4. The molecule has 112 valence electrons. The summed E-state index contributed by atoms with van der Waals surface area (Å²) in [5.74, 6) is 2.13. The van der Waals surface area contributed by atoms with Crippen molar-refractivity contribution in [2.75, 3.05) is 25.6 Å². The molecule has 0 aliphatic heterocycles. The molecule has 7 heteroatoms. The zero-order valence-electron chi connectivity index (χ0n) is 12.0. The average Bonchev–Trinajstić information content (AvgIpc) is 2.89. The molecular weight excluding hydrogens is 272 g/mol. The Hall–Kier alpha value is -2.70. The number of aryl methyl sites for hydroxylation is 1. The number of carbonyl (C=O) groups excluding carboxylic acids is 1. The zero-order chi connectivity index (χ0) is 15.1. The third kappa shape index (κ3) is 4.41. The van der Waals surface area contributed by atoms with Crippen molar-refractivity contribution >= 4 is 11.8 Å². The molecule has 0 atom stereocenters. The number of amides is 2. The number of hydrogen-bond donors (Lipinski definition) is 2. The van der Waals surface area contributed by atoms with Gasteiger partial charge in [-0.15, -0.1) is 0 Å². The van der Waals surface area contributed by atoms with Gasteiger partial charge in [0.1, 0.15) is 23.9 Å². The highest BCUT2D eigenvalue weighted by molar-refractivity contribution is 5.88. The van der Waals surface area contributed by atoms with Gasteiger partial charge in [0.2, 0.25) is 0 Å². The Morgan fingerprint density at radius 2 is 1.95 bits per heavy atom. The number of nitrogens with zero attached hydrogens (tertiary/aromatic N) is 2. The van der Waals surface area contributed by atoms with Crippen molar-refractivity contribution in [3.05, 3.63) is 36.5 Å². The van der Waals surface area contributed by atoms with Crippen LogP contribution in [0, 0.1) is 0 Å². The molecule has 2 aromatic rings. The molecule has 2 rings (SSSR count). The van der Waals surface area contributed by atoms with Crippen molar-refractivity contribution in [2.45, 2.75) is 0 Å². The molecule has 0 aliphatic carbocycles. The molecule has 1 aromatic carbocycles. The van der Waals surface area contributed by atoms with Crippen molar-refractivity contribution in [3.63, 3.8) is 0 Å². The van der Waals surface area contributed by atoms with Crippen molar-refractivity contribution in [1.82, 2.24) is 15.1 Å². The first-order valence-electron chi connectivity index (χ1n) is 6.49. The van der Waals surface area contributed by atoms with Crippen LogP contribution in [0.4, 0.5) is 10.6 Å². The molecule has 1 heterocycles. The summed E-state index contributed by atoms with van der Waals surface area (Å²) in [5, 5.41) is 9.34. The number of carbonyl (C=O) groups is 1. The van der Waals surface area contributed by atoms with Crippen LogP contribution in [0.25, 0.3) is 0 Å². The number of rotatable bonds is 6. The number of anilines is 1. The van der Waals surface area contributed by atoms with E-state index >= 15 is 0 Å². The summed E-state index contributed by atoms with van der Waals surface area (Å²) in [4.78, 5) is 11.6. The summed E-state index contributed by atoms with van der Waals surface area (Å²) >= 11 is 0. The van der Waals surface area contributed by atoms with E-state index in [0.717, 1.165) is 11.5 Å². The Labute approximate surface area is 122 Å². The van der Waals surface area contributed by atoms with Gasteiger partial charge in [0.05, 0.1) is 19.9 Å². The Kier molecular flexibility index (Phi) is 5.03. The van der Waals surface area contributed by atoms with E-state index in [1.807, 2.05) is 24.3 Å². The molecule has 0 saturated carbocycles. The summed E-state index contributed by atoms with van der Waals surface area (Å²) in [5.41, 5.74) is 0. The molecule has 2 amide bonds. The first-order valence-corrected chi connectivity index (χ1v) is 6.49. The summed E-state index contributed by atoms with van der Waals surface area (Å²) in [6.07, 6.45) is 1.61. The van der Waals surface area contributed by atoms with Gasteiger partial charge < -0.3 is 14.8 Å². The number of methoxy groups -OCH3 is 1. The van der Waals surface area contributed by atoms with Gasteiger partial charge in [0.15, 0.2) is 0 Å². The normalized spacial score (nSPS) is 10.0. The maximum absolute atomic E-state index is 11.6. The summed E-state index contributed by atoms with van der Waals surface area (Å²) in [6.45, 7) is 0.779. The van der Waals surface area contributed by atoms with Crippen molar-refractivity contribution < 1.29 is 14.3 Å². The number of nitrogens with one attached hydrogen (secondary N) is 2. The van der Waals surface area contributed by atoms with E-state index in [0.29, 0.717) is 19.0 Å². The van der Waals surface area contributed by atoms with Gasteiger partial charge in [-0.2, -0.15) is 5.10 Å². The molecule has 1 aromatic heterocycles. The predicted octanol–water partition coefficient (Wildman–Crippen LogP) is 1.63. The Morgan fingerprint density at radius 1 is 1.24 bits per heavy atom. The van der Waals surface area contributed by atoms with Crippen LogP contribution in [0.2, 0.25) is 0 Å². The van der Waals surface area contributed by atoms with Crippen LogP contribution in [0.15, 0.2) is 36.5 Å². The molecule has 0 radical (unpaired) electrons. The lowest BCUT2D eigenvalue weighted by atomic mass is 10.3. The van der Waals surface area contributed by atoms with Crippen LogP contribution in [0.1, 0.15) is 0 Å². The van der Waals surface area contributed by atoms with Gasteiger partial charge >= 0.3 is 6.03 Å². The molecule has 0 bridgehead atoms. The molecule has 0 saturated heterocycles. The molecule has 21 heavy (non-hydrogen) atoms. The minimum absolute atomic E-state index is 0.295. The first-order chi connectivity index (χ1) is 10.2. The molecule has 7 nitrogen and oxygen atoms in total. The first kappa shape index (κ1) is 14.7. The minimum atomic E-state index is -0.295. The minimum Gasteiger partial charge on any atom is -0.497 e. The molecule has 2 N–H and O–H groups in total. The second-order valence-electron chi connectivity index (χ2n) is 4.24. The van der Waals surface area contributed by atoms with E-state index in [1.165, 1.54) is 0 Å². The Morgan fingerprint density at radius 3 is 2.57 bits per heavy atom. The van der Waals surface area contributed by atoms with Gasteiger partial charge in [-0.3, -0.25) is 10.00 Å². The topological polar surface area (TPSA) is 77.4 Å². The third-order valence-electron chi connectivity index (χ3n) is 2.78. The molecule has 0 aliphatic rings. The zero-order valence-corrected chi connectivity index (χ0v) is 12.0. The van der Waals surface area contributed by atoms with Gasteiger partial charge in [-0.05, 0) is 24.3 Å². The second-order valence-corrected chi connectivity index (χ2v) is 4.24. The lowest BCUT2D eigenvalue weighted by Crippen LogP contribution is -2.32. The van der Waals surface area contributed by atoms with E-state index < -0.39 is 0 Å². The van der Waals surface area contributed by atoms with Crippen molar-refractivity contribution in [3.8, 4) is 11.5 Å². The highest BCUT2D eigenvalue weighted by Crippen LogP contribution is 2.16. The number of benzene rings is 1. The number of ether oxygens (including phenoxy) is 2. The molecule has 0 unspecified atom stereocenters. The average molecular weight is 290 g/mol. The van der Waals surface area contributed by atoms with Gasteiger partial charge in [0.25, 0.3) is 0 Å². The monoisotopic (exact) mass is 290 g/mol. The van der Waals surface area contributed by atoms with Crippen LogP contribution in [0.3, 0.4) is 0 Å². The fourth-order valence-corrected chi connectivity index (χ4v) is 1.66. The number of aromatic nitrogens is 2. The maximum atomic E-state index is 11.6. The summed E-state index contributed by atoms with van der Waals surface area (Å²) < 4.78 is 12.1. The molecule has 0 spiro atoms. The molecule has 0 fully saturated rings. The van der Waals surface area contributed by atoms with Gasteiger partial charge in [-0.25, -0.2) is 4.79 Å². The standard InChI is InChI=1S/C14H18N4O3/c1-18-13(7-8-16-18)17-14(19)15-9-10-21-12-5-3-11(20-2)4-6-12/h3-8H,9-10H2,1-2H3,(H2,15,17,19). The van der Waals surface area contributed by atoms with Crippen LogP contribution < -0.4 is 20.1 Å². The van der Waals surface area contributed by atoms with Gasteiger partial charge in [-0.1, -0.05) is 0 Å². The van der Waals surface area contributed by atoms with Crippen molar-refractivity contribution in [1.29, 1.82) is 0 Å². The SMILES string of the molecule is COc1ccc(OCCNC(=O)Nc2ccnn2C)cc1.